The Labute approximate surface area is 94.8 Å². The summed E-state index contributed by atoms with van der Waals surface area (Å²) >= 11 is 0.0140. The number of thioether (sulfide) groups is 1. The minimum Gasteiger partial charge on any atom is -0.463 e. The highest BCUT2D eigenvalue weighted by Crippen LogP contribution is 2.36. The van der Waals surface area contributed by atoms with Crippen molar-refractivity contribution in [3.8, 4) is 0 Å². The molecule has 3 nitrogen and oxygen atoms in total. The van der Waals surface area contributed by atoms with Crippen molar-refractivity contribution in [1.29, 1.82) is 0 Å². The normalized spacial score (nSPS) is 10.9. The van der Waals surface area contributed by atoms with Crippen LogP contribution in [0.5, 0.6) is 0 Å². The minimum atomic E-state index is -3.81. The SMILES string of the molecule is COC(=O)C(=O)C(F)(F)Sc1ccccc1. The van der Waals surface area contributed by atoms with Gasteiger partial charge in [0.15, 0.2) is 0 Å². The van der Waals surface area contributed by atoms with E-state index in [2.05, 4.69) is 4.74 Å². The first-order valence-electron chi connectivity index (χ1n) is 4.22. The number of benzene rings is 1. The van der Waals surface area contributed by atoms with Gasteiger partial charge in [0, 0.05) is 4.90 Å². The molecule has 0 amide bonds. The fourth-order valence-electron chi connectivity index (χ4n) is 0.894. The lowest BCUT2D eigenvalue weighted by Crippen LogP contribution is -2.32. The number of ether oxygens (including phenoxy) is 1. The number of carbonyl (C=O) groups is 2. The molecule has 0 saturated carbocycles. The summed E-state index contributed by atoms with van der Waals surface area (Å²) in [6, 6.07) is 7.61. The van der Waals surface area contributed by atoms with E-state index < -0.39 is 17.0 Å². The largest absolute Gasteiger partial charge is 0.463 e. The first kappa shape index (κ1) is 12.6. The van der Waals surface area contributed by atoms with Crippen molar-refractivity contribution in [3.63, 3.8) is 0 Å². The van der Waals surface area contributed by atoms with Crippen LogP contribution < -0.4 is 0 Å². The molecule has 0 bridgehead atoms. The molecule has 16 heavy (non-hydrogen) atoms. The molecule has 0 heterocycles. The molecule has 0 atom stereocenters. The van der Waals surface area contributed by atoms with E-state index in [4.69, 9.17) is 0 Å². The zero-order valence-electron chi connectivity index (χ0n) is 8.28. The number of alkyl halides is 2. The number of esters is 1. The first-order valence-corrected chi connectivity index (χ1v) is 5.03. The van der Waals surface area contributed by atoms with Gasteiger partial charge in [-0.05, 0) is 23.9 Å². The second-order valence-electron chi connectivity index (χ2n) is 2.75. The molecular formula is C10H8F2O3S. The number of halogens is 2. The maximum absolute atomic E-state index is 13.3. The summed E-state index contributed by atoms with van der Waals surface area (Å²) in [6.07, 6.45) is 0. The lowest BCUT2D eigenvalue weighted by Gasteiger charge is -2.12. The van der Waals surface area contributed by atoms with E-state index in [0.717, 1.165) is 7.11 Å². The van der Waals surface area contributed by atoms with Crippen molar-refractivity contribution in [1.82, 2.24) is 0 Å². The number of Topliss-reactive ketones (excluding diaryl/α,β-unsaturated/α-hetero) is 1. The number of ketones is 1. The zero-order valence-corrected chi connectivity index (χ0v) is 9.09. The summed E-state index contributed by atoms with van der Waals surface area (Å²) < 4.78 is 30.5. The van der Waals surface area contributed by atoms with Gasteiger partial charge in [-0.2, -0.15) is 8.78 Å². The van der Waals surface area contributed by atoms with Crippen LogP contribution in [0.2, 0.25) is 0 Å². The van der Waals surface area contributed by atoms with Gasteiger partial charge < -0.3 is 4.74 Å². The number of rotatable bonds is 4. The Morgan fingerprint density at radius 3 is 2.31 bits per heavy atom. The van der Waals surface area contributed by atoms with Gasteiger partial charge in [-0.3, -0.25) is 4.79 Å². The third-order valence-electron chi connectivity index (χ3n) is 1.62. The molecule has 0 fully saturated rings. The van der Waals surface area contributed by atoms with Crippen LogP contribution in [0.4, 0.5) is 8.78 Å². The van der Waals surface area contributed by atoms with Crippen molar-refractivity contribution in [2.45, 2.75) is 10.2 Å². The number of hydrogen-bond donors (Lipinski definition) is 0. The van der Waals surface area contributed by atoms with E-state index in [1.807, 2.05) is 0 Å². The molecule has 1 aromatic rings. The smallest absolute Gasteiger partial charge is 0.381 e. The average molecular weight is 246 g/mol. The summed E-state index contributed by atoms with van der Waals surface area (Å²) in [5.41, 5.74) is 0. The van der Waals surface area contributed by atoms with Crippen LogP contribution in [0, 0.1) is 0 Å². The van der Waals surface area contributed by atoms with Gasteiger partial charge in [0.2, 0.25) is 0 Å². The Balaban J connectivity index is 2.79. The molecule has 0 spiro atoms. The fraction of sp³-hybridized carbons (Fsp3) is 0.200. The van der Waals surface area contributed by atoms with Crippen molar-refractivity contribution < 1.29 is 23.1 Å². The van der Waals surface area contributed by atoms with Gasteiger partial charge in [0.1, 0.15) is 0 Å². The predicted molar refractivity (Wildman–Crippen MR) is 54.3 cm³/mol. The van der Waals surface area contributed by atoms with E-state index in [-0.39, 0.29) is 16.7 Å². The molecule has 1 rings (SSSR count). The Bertz CT molecular complexity index is 392. The number of methoxy groups -OCH3 is 1. The molecule has 0 aliphatic rings. The molecule has 0 N–H and O–H groups in total. The van der Waals surface area contributed by atoms with Gasteiger partial charge in [-0.25, -0.2) is 4.79 Å². The van der Waals surface area contributed by atoms with Gasteiger partial charge in [0.25, 0.3) is 0 Å². The summed E-state index contributed by atoms with van der Waals surface area (Å²) in [7, 11) is 0.878. The summed E-state index contributed by atoms with van der Waals surface area (Å²) in [5, 5.41) is -3.81. The summed E-state index contributed by atoms with van der Waals surface area (Å²) in [4.78, 5) is 21.8. The molecule has 0 unspecified atom stereocenters. The Hall–Kier alpha value is -1.43. The summed E-state index contributed by atoms with van der Waals surface area (Å²) in [6.45, 7) is 0. The number of carbonyl (C=O) groups excluding carboxylic acids is 2. The Morgan fingerprint density at radius 1 is 1.25 bits per heavy atom. The number of hydrogen-bond acceptors (Lipinski definition) is 4. The monoisotopic (exact) mass is 246 g/mol. The van der Waals surface area contributed by atoms with E-state index in [1.165, 1.54) is 12.1 Å². The van der Waals surface area contributed by atoms with Crippen LogP contribution in [0.25, 0.3) is 0 Å². The van der Waals surface area contributed by atoms with E-state index in [0.29, 0.717) is 0 Å². The van der Waals surface area contributed by atoms with E-state index in [1.54, 1.807) is 18.2 Å². The third-order valence-corrected chi connectivity index (χ3v) is 2.57. The maximum atomic E-state index is 13.3. The minimum absolute atomic E-state index is 0.0140. The zero-order chi connectivity index (χ0) is 12.2. The van der Waals surface area contributed by atoms with Gasteiger partial charge in [-0.1, -0.05) is 18.2 Å². The highest BCUT2D eigenvalue weighted by molar-refractivity contribution is 8.01. The Kier molecular flexibility index (Phi) is 4.00. The lowest BCUT2D eigenvalue weighted by atomic mass is 10.4. The van der Waals surface area contributed by atoms with Crippen molar-refractivity contribution in [3.05, 3.63) is 30.3 Å². The molecule has 0 saturated heterocycles. The predicted octanol–water partition coefficient (Wildman–Crippen LogP) is 2.11. The first-order chi connectivity index (χ1) is 7.47. The highest BCUT2D eigenvalue weighted by atomic mass is 32.2. The maximum Gasteiger partial charge on any atom is 0.381 e. The average Bonchev–Trinajstić information content (AvgIpc) is 2.27. The van der Waals surface area contributed by atoms with Crippen molar-refractivity contribution in [2.24, 2.45) is 0 Å². The molecular weight excluding hydrogens is 238 g/mol. The highest BCUT2D eigenvalue weighted by Gasteiger charge is 2.45. The quantitative estimate of drug-likeness (QED) is 0.463. The van der Waals surface area contributed by atoms with E-state index in [9.17, 15) is 18.4 Å². The van der Waals surface area contributed by atoms with Crippen LogP contribution >= 0.6 is 11.8 Å². The molecule has 0 aromatic heterocycles. The molecule has 1 aromatic carbocycles. The Morgan fingerprint density at radius 2 is 1.81 bits per heavy atom. The lowest BCUT2D eigenvalue weighted by molar-refractivity contribution is -0.158. The van der Waals surface area contributed by atoms with Gasteiger partial charge >= 0.3 is 17.0 Å². The van der Waals surface area contributed by atoms with Crippen LogP contribution in [0.3, 0.4) is 0 Å². The topological polar surface area (TPSA) is 43.4 Å². The van der Waals surface area contributed by atoms with Crippen LogP contribution in [0.1, 0.15) is 0 Å². The fourth-order valence-corrected chi connectivity index (χ4v) is 1.66. The molecule has 0 radical (unpaired) electrons. The van der Waals surface area contributed by atoms with Crippen LogP contribution in [0.15, 0.2) is 35.2 Å². The van der Waals surface area contributed by atoms with Crippen molar-refractivity contribution in [2.75, 3.05) is 7.11 Å². The van der Waals surface area contributed by atoms with Gasteiger partial charge in [-0.15, -0.1) is 0 Å². The van der Waals surface area contributed by atoms with Crippen molar-refractivity contribution >= 4 is 23.5 Å². The van der Waals surface area contributed by atoms with E-state index >= 15 is 0 Å². The van der Waals surface area contributed by atoms with Gasteiger partial charge in [0.05, 0.1) is 7.11 Å². The molecule has 86 valence electrons. The summed E-state index contributed by atoms with van der Waals surface area (Å²) in [5.74, 6) is -3.41. The van der Waals surface area contributed by atoms with Crippen LogP contribution in [-0.4, -0.2) is 24.1 Å². The second-order valence-corrected chi connectivity index (χ2v) is 3.94. The molecule has 6 heteroatoms. The second kappa shape index (κ2) is 5.07. The van der Waals surface area contributed by atoms with Crippen LogP contribution in [-0.2, 0) is 14.3 Å². The molecule has 0 aliphatic heterocycles. The standard InChI is InChI=1S/C10H8F2O3S/c1-15-9(14)8(13)10(11,12)16-7-5-3-2-4-6-7/h2-6H,1H3. The third kappa shape index (κ3) is 3.03. The molecule has 0 aliphatic carbocycles.